The van der Waals surface area contributed by atoms with Crippen LogP contribution in [0.25, 0.3) is 0 Å². The largest absolute Gasteiger partial charge is 0.365 e. The molecule has 2 heterocycles. The Morgan fingerprint density at radius 2 is 2.18 bits per heavy atom. The number of aryl methyl sites for hydroxylation is 1. The van der Waals surface area contributed by atoms with Gasteiger partial charge in [-0.3, -0.25) is 4.79 Å². The van der Waals surface area contributed by atoms with Gasteiger partial charge in [0.2, 0.25) is 0 Å². The Kier molecular flexibility index (Phi) is 4.00. The van der Waals surface area contributed by atoms with Crippen LogP contribution in [-0.2, 0) is 6.42 Å². The number of carbonyl (C=O) groups is 1. The molecule has 0 aromatic carbocycles. The fourth-order valence-electron chi connectivity index (χ4n) is 3.96. The number of carbonyl (C=O) groups excluding carboxylic acids is 1. The Labute approximate surface area is 133 Å². The van der Waals surface area contributed by atoms with Crippen molar-refractivity contribution >= 4 is 11.6 Å². The summed E-state index contributed by atoms with van der Waals surface area (Å²) in [6.07, 6.45) is 7.50. The Hall–Kier alpha value is -1.38. The fraction of sp³-hybridized carbons (Fsp3) is 0.684. The van der Waals surface area contributed by atoms with E-state index in [-0.39, 0.29) is 17.2 Å². The number of hydrogen-bond donors (Lipinski definition) is 1. The Balaban J connectivity index is 1.76. The number of fused-ring (bicyclic) bond motifs is 1. The third-order valence-corrected chi connectivity index (χ3v) is 5.58. The van der Waals surface area contributed by atoms with Gasteiger partial charge in [0.05, 0.1) is 0 Å². The first-order chi connectivity index (χ1) is 10.4. The minimum Gasteiger partial charge on any atom is -0.365 e. The average Bonchev–Trinajstić information content (AvgIpc) is 2.91. The molecule has 0 bridgehead atoms. The number of nitrogens with one attached hydrogen (secondary N) is 1. The molecule has 1 saturated carbocycles. The maximum absolute atomic E-state index is 12.8. The van der Waals surface area contributed by atoms with Crippen LogP contribution in [0.4, 0.5) is 5.82 Å². The maximum Gasteiger partial charge on any atom is 0.167 e. The van der Waals surface area contributed by atoms with Crippen LogP contribution >= 0.6 is 0 Å². The number of ketones is 1. The minimum atomic E-state index is 0.0960. The minimum absolute atomic E-state index is 0.0960. The summed E-state index contributed by atoms with van der Waals surface area (Å²) in [6.45, 7) is 8.79. The molecule has 1 fully saturated rings. The smallest absolute Gasteiger partial charge is 0.167 e. The van der Waals surface area contributed by atoms with Crippen molar-refractivity contribution in [3.05, 3.63) is 23.4 Å². The molecule has 0 amide bonds. The van der Waals surface area contributed by atoms with Crippen molar-refractivity contribution in [2.75, 3.05) is 5.32 Å². The van der Waals surface area contributed by atoms with Crippen molar-refractivity contribution in [3.63, 3.8) is 0 Å². The zero-order valence-corrected chi connectivity index (χ0v) is 14.3. The lowest BCUT2D eigenvalue weighted by molar-refractivity contribution is 0.0886. The van der Waals surface area contributed by atoms with E-state index in [0.717, 1.165) is 30.1 Å². The van der Waals surface area contributed by atoms with Crippen molar-refractivity contribution in [2.45, 2.75) is 65.3 Å². The molecule has 3 heteroatoms. The molecule has 2 unspecified atom stereocenters. The lowest BCUT2D eigenvalue weighted by atomic mass is 9.85. The van der Waals surface area contributed by atoms with E-state index >= 15 is 0 Å². The molecular formula is C19H28N2O. The molecule has 1 aromatic rings. The summed E-state index contributed by atoms with van der Waals surface area (Å²) >= 11 is 0. The van der Waals surface area contributed by atoms with Gasteiger partial charge in [-0.15, -0.1) is 0 Å². The van der Waals surface area contributed by atoms with Gasteiger partial charge >= 0.3 is 0 Å². The second kappa shape index (κ2) is 5.68. The van der Waals surface area contributed by atoms with Crippen LogP contribution in [0.1, 0.15) is 69.3 Å². The van der Waals surface area contributed by atoms with Crippen LogP contribution in [-0.4, -0.2) is 16.3 Å². The number of aromatic nitrogens is 1. The van der Waals surface area contributed by atoms with Gasteiger partial charge in [0.25, 0.3) is 0 Å². The summed E-state index contributed by atoms with van der Waals surface area (Å²) < 4.78 is 0. The van der Waals surface area contributed by atoms with Crippen LogP contribution < -0.4 is 5.32 Å². The zero-order valence-electron chi connectivity index (χ0n) is 14.3. The second-order valence-electron chi connectivity index (χ2n) is 8.07. The van der Waals surface area contributed by atoms with Crippen LogP contribution in [0.3, 0.4) is 0 Å². The van der Waals surface area contributed by atoms with Crippen molar-refractivity contribution in [2.24, 2.45) is 17.8 Å². The van der Waals surface area contributed by atoms with E-state index in [9.17, 15) is 4.79 Å². The van der Waals surface area contributed by atoms with Gasteiger partial charge in [0.15, 0.2) is 5.78 Å². The monoisotopic (exact) mass is 300 g/mol. The van der Waals surface area contributed by atoms with Gasteiger partial charge < -0.3 is 5.32 Å². The van der Waals surface area contributed by atoms with E-state index in [2.05, 4.69) is 44.1 Å². The number of pyridine rings is 1. The third kappa shape index (κ3) is 3.04. The number of Topliss-reactive ketones (excluding diaryl/α,β-unsaturated/α-hetero) is 1. The average molecular weight is 300 g/mol. The molecule has 3 atom stereocenters. The normalized spacial score (nSPS) is 27.8. The van der Waals surface area contributed by atoms with Gasteiger partial charge in [-0.25, -0.2) is 4.98 Å². The van der Waals surface area contributed by atoms with E-state index < -0.39 is 0 Å². The Morgan fingerprint density at radius 3 is 2.86 bits per heavy atom. The zero-order chi connectivity index (χ0) is 15.9. The van der Waals surface area contributed by atoms with E-state index in [4.69, 9.17) is 0 Å². The lowest BCUT2D eigenvalue weighted by Crippen LogP contribution is -2.35. The summed E-state index contributed by atoms with van der Waals surface area (Å²) in [4.78, 5) is 17.3. The molecule has 120 valence electrons. The highest BCUT2D eigenvalue weighted by Crippen LogP contribution is 2.37. The molecule has 0 saturated heterocycles. The fourth-order valence-corrected chi connectivity index (χ4v) is 3.96. The lowest BCUT2D eigenvalue weighted by Gasteiger charge is -2.33. The number of nitrogens with zero attached hydrogens (tertiary/aromatic N) is 1. The first-order valence-corrected chi connectivity index (χ1v) is 8.67. The van der Waals surface area contributed by atoms with Crippen LogP contribution in [0.2, 0.25) is 0 Å². The molecule has 1 aliphatic carbocycles. The molecular weight excluding hydrogens is 272 g/mol. The van der Waals surface area contributed by atoms with Crippen molar-refractivity contribution in [1.29, 1.82) is 0 Å². The van der Waals surface area contributed by atoms with Crippen LogP contribution in [0.5, 0.6) is 0 Å². The highest BCUT2D eigenvalue weighted by Gasteiger charge is 2.32. The molecule has 3 nitrogen and oxygen atoms in total. The summed E-state index contributed by atoms with van der Waals surface area (Å²) in [5.41, 5.74) is 2.09. The van der Waals surface area contributed by atoms with E-state index in [1.807, 2.05) is 0 Å². The van der Waals surface area contributed by atoms with Crippen molar-refractivity contribution in [3.8, 4) is 0 Å². The molecule has 22 heavy (non-hydrogen) atoms. The molecule has 0 spiro atoms. The number of hydrogen-bond acceptors (Lipinski definition) is 3. The van der Waals surface area contributed by atoms with E-state index in [0.29, 0.717) is 5.92 Å². The molecule has 0 radical (unpaired) electrons. The van der Waals surface area contributed by atoms with Crippen molar-refractivity contribution < 1.29 is 4.79 Å². The third-order valence-electron chi connectivity index (χ3n) is 5.58. The van der Waals surface area contributed by atoms with Gasteiger partial charge in [0, 0.05) is 23.2 Å². The van der Waals surface area contributed by atoms with E-state index in [1.54, 1.807) is 6.20 Å². The SMILES string of the molecule is CC(C(=O)c1cnc2c(c1)CCC(C)(C)N2)C1CC[C@H](C)C1. The molecule has 1 N–H and O–H groups in total. The highest BCUT2D eigenvalue weighted by molar-refractivity contribution is 5.98. The molecule has 3 rings (SSSR count). The summed E-state index contributed by atoms with van der Waals surface area (Å²) in [5, 5.41) is 3.47. The second-order valence-corrected chi connectivity index (χ2v) is 8.07. The molecule has 2 aliphatic rings. The van der Waals surface area contributed by atoms with E-state index in [1.165, 1.54) is 24.8 Å². The van der Waals surface area contributed by atoms with Crippen LogP contribution in [0, 0.1) is 17.8 Å². The summed E-state index contributed by atoms with van der Waals surface area (Å²) in [6, 6.07) is 2.07. The van der Waals surface area contributed by atoms with Gasteiger partial charge in [0.1, 0.15) is 5.82 Å². The molecule has 1 aromatic heterocycles. The van der Waals surface area contributed by atoms with Gasteiger partial charge in [-0.2, -0.15) is 0 Å². The molecule has 1 aliphatic heterocycles. The Morgan fingerprint density at radius 1 is 1.41 bits per heavy atom. The van der Waals surface area contributed by atoms with Crippen LogP contribution in [0.15, 0.2) is 12.3 Å². The first-order valence-electron chi connectivity index (χ1n) is 8.67. The first kappa shape index (κ1) is 15.5. The number of rotatable bonds is 3. The standard InChI is InChI=1S/C19H28N2O/c1-12-5-6-14(9-12)13(2)17(22)16-10-15-7-8-19(3,4)21-18(15)20-11-16/h10-14H,5-9H2,1-4H3,(H,20,21)/t12-,13?,14?/m0/s1. The maximum atomic E-state index is 12.8. The predicted octanol–water partition coefficient (Wildman–Crippen LogP) is 4.47. The quantitative estimate of drug-likeness (QED) is 0.837. The van der Waals surface area contributed by atoms with Gasteiger partial charge in [-0.1, -0.05) is 20.3 Å². The highest BCUT2D eigenvalue weighted by atomic mass is 16.1. The van der Waals surface area contributed by atoms with Crippen molar-refractivity contribution in [1.82, 2.24) is 4.98 Å². The number of anilines is 1. The Bertz CT molecular complexity index is 579. The van der Waals surface area contributed by atoms with Gasteiger partial charge in [-0.05, 0) is 63.0 Å². The topological polar surface area (TPSA) is 42.0 Å². The summed E-state index contributed by atoms with van der Waals surface area (Å²) in [5.74, 6) is 2.68. The predicted molar refractivity (Wildman–Crippen MR) is 90.3 cm³/mol. The summed E-state index contributed by atoms with van der Waals surface area (Å²) in [7, 11) is 0.